The molecule has 0 bridgehead atoms. The van der Waals surface area contributed by atoms with Crippen molar-refractivity contribution in [3.8, 4) is 5.75 Å². The highest BCUT2D eigenvalue weighted by Gasteiger charge is 2.15. The van der Waals surface area contributed by atoms with Gasteiger partial charge in [0.15, 0.2) is 0 Å². The molecule has 2 aromatic rings. The molecule has 2 aromatic carbocycles. The summed E-state index contributed by atoms with van der Waals surface area (Å²) < 4.78 is 5.46. The van der Waals surface area contributed by atoms with E-state index in [0.717, 1.165) is 36.8 Å². The Hall–Kier alpha value is -1.36. The van der Waals surface area contributed by atoms with Crippen LogP contribution < -0.4 is 15.0 Å². The van der Waals surface area contributed by atoms with E-state index in [9.17, 15) is 0 Å². The van der Waals surface area contributed by atoms with Gasteiger partial charge in [0.2, 0.25) is 0 Å². The van der Waals surface area contributed by atoms with E-state index in [1.54, 1.807) is 18.9 Å². The topological polar surface area (TPSA) is 24.5 Å². The van der Waals surface area contributed by atoms with Crippen LogP contribution in [0.3, 0.4) is 0 Å². The Morgan fingerprint density at radius 2 is 1.59 bits per heavy atom. The summed E-state index contributed by atoms with van der Waals surface area (Å²) in [5.74, 6) is 0.928. The van der Waals surface area contributed by atoms with Gasteiger partial charge in [-0.3, -0.25) is 0 Å². The molecule has 0 aromatic heterocycles. The first-order chi connectivity index (χ1) is 10.4. The first-order valence-corrected chi connectivity index (χ1v) is 8.05. The maximum atomic E-state index is 5.46. The monoisotopic (exact) mass is 336 g/mol. The van der Waals surface area contributed by atoms with Gasteiger partial charge in [0, 0.05) is 31.1 Å². The molecule has 1 saturated heterocycles. The second kappa shape index (κ2) is 8.32. The van der Waals surface area contributed by atoms with Crippen molar-refractivity contribution in [1.82, 2.24) is 5.32 Å². The Labute approximate surface area is 142 Å². The van der Waals surface area contributed by atoms with E-state index in [2.05, 4.69) is 46.6 Å². The average molecular weight is 337 g/mol. The molecule has 0 saturated carbocycles. The van der Waals surface area contributed by atoms with E-state index in [1.807, 2.05) is 12.1 Å². The molecule has 0 atom stereocenters. The first-order valence-electron chi connectivity index (χ1n) is 7.24. The molecule has 0 amide bonds. The molecule has 3 rings (SSSR count). The SMILES string of the molecule is COc1ccccc1Sc1ccccc1N1CCNCC1.Cl. The molecule has 1 N–H and O–H groups in total. The van der Waals surface area contributed by atoms with Crippen LogP contribution in [0.2, 0.25) is 0 Å². The number of benzene rings is 2. The van der Waals surface area contributed by atoms with Crippen LogP contribution in [0, 0.1) is 0 Å². The molecule has 0 aliphatic carbocycles. The van der Waals surface area contributed by atoms with Gasteiger partial charge in [0.05, 0.1) is 17.7 Å². The number of piperazine rings is 1. The molecule has 0 radical (unpaired) electrons. The van der Waals surface area contributed by atoms with E-state index in [4.69, 9.17) is 4.74 Å². The summed E-state index contributed by atoms with van der Waals surface area (Å²) in [6, 6.07) is 16.8. The van der Waals surface area contributed by atoms with E-state index < -0.39 is 0 Å². The molecule has 22 heavy (non-hydrogen) atoms. The van der Waals surface area contributed by atoms with Crippen LogP contribution >= 0.6 is 24.2 Å². The molecule has 1 fully saturated rings. The van der Waals surface area contributed by atoms with E-state index in [-0.39, 0.29) is 12.4 Å². The molecule has 5 heteroatoms. The van der Waals surface area contributed by atoms with Gasteiger partial charge in [-0.1, -0.05) is 36.0 Å². The summed E-state index contributed by atoms with van der Waals surface area (Å²) in [5.41, 5.74) is 1.31. The first kappa shape index (κ1) is 17.0. The molecule has 1 aliphatic heterocycles. The third-order valence-electron chi connectivity index (χ3n) is 3.61. The minimum absolute atomic E-state index is 0. The van der Waals surface area contributed by atoms with Gasteiger partial charge < -0.3 is 15.0 Å². The lowest BCUT2D eigenvalue weighted by atomic mass is 10.2. The number of anilines is 1. The van der Waals surface area contributed by atoms with Gasteiger partial charge in [-0.2, -0.15) is 0 Å². The number of hydrogen-bond donors (Lipinski definition) is 1. The highest BCUT2D eigenvalue weighted by molar-refractivity contribution is 7.99. The number of nitrogens with one attached hydrogen (secondary N) is 1. The van der Waals surface area contributed by atoms with Gasteiger partial charge in [-0.25, -0.2) is 0 Å². The van der Waals surface area contributed by atoms with Crippen LogP contribution in [0.15, 0.2) is 58.3 Å². The zero-order valence-electron chi connectivity index (χ0n) is 12.6. The van der Waals surface area contributed by atoms with Gasteiger partial charge in [0.25, 0.3) is 0 Å². The Morgan fingerprint density at radius 3 is 2.32 bits per heavy atom. The molecular weight excluding hydrogens is 316 g/mol. The maximum Gasteiger partial charge on any atom is 0.132 e. The minimum atomic E-state index is 0. The Morgan fingerprint density at radius 1 is 0.955 bits per heavy atom. The van der Waals surface area contributed by atoms with E-state index >= 15 is 0 Å². The van der Waals surface area contributed by atoms with Crippen LogP contribution in [0.25, 0.3) is 0 Å². The zero-order chi connectivity index (χ0) is 14.5. The van der Waals surface area contributed by atoms with Crippen molar-refractivity contribution < 1.29 is 4.74 Å². The maximum absolute atomic E-state index is 5.46. The number of para-hydroxylation sites is 2. The number of hydrogen-bond acceptors (Lipinski definition) is 4. The summed E-state index contributed by atoms with van der Waals surface area (Å²) >= 11 is 1.77. The van der Waals surface area contributed by atoms with Crippen LogP contribution in [0.1, 0.15) is 0 Å². The smallest absolute Gasteiger partial charge is 0.132 e. The van der Waals surface area contributed by atoms with Crippen molar-refractivity contribution in [3.05, 3.63) is 48.5 Å². The number of halogens is 1. The third kappa shape index (κ3) is 3.88. The lowest BCUT2D eigenvalue weighted by Gasteiger charge is -2.31. The number of nitrogens with zero attached hydrogens (tertiary/aromatic N) is 1. The van der Waals surface area contributed by atoms with Crippen molar-refractivity contribution in [2.45, 2.75) is 9.79 Å². The fourth-order valence-electron chi connectivity index (χ4n) is 2.53. The summed E-state index contributed by atoms with van der Waals surface area (Å²) in [7, 11) is 1.72. The normalized spacial score (nSPS) is 14.3. The molecule has 118 valence electrons. The van der Waals surface area contributed by atoms with Crippen LogP contribution in [-0.2, 0) is 0 Å². The molecular formula is C17H21ClN2OS. The van der Waals surface area contributed by atoms with Gasteiger partial charge in [-0.05, 0) is 24.3 Å². The fraction of sp³-hybridized carbons (Fsp3) is 0.294. The van der Waals surface area contributed by atoms with Crippen molar-refractivity contribution >= 4 is 29.9 Å². The van der Waals surface area contributed by atoms with E-state index in [1.165, 1.54) is 10.6 Å². The summed E-state index contributed by atoms with van der Waals surface area (Å²) in [6.07, 6.45) is 0. The lowest BCUT2D eigenvalue weighted by molar-refractivity contribution is 0.405. The van der Waals surface area contributed by atoms with Gasteiger partial charge in [0.1, 0.15) is 5.75 Å². The van der Waals surface area contributed by atoms with Gasteiger partial charge in [-0.15, -0.1) is 12.4 Å². The van der Waals surface area contributed by atoms with Gasteiger partial charge >= 0.3 is 0 Å². The van der Waals surface area contributed by atoms with Crippen LogP contribution in [0.4, 0.5) is 5.69 Å². The highest BCUT2D eigenvalue weighted by Crippen LogP contribution is 2.39. The second-order valence-corrected chi connectivity index (χ2v) is 6.04. The summed E-state index contributed by atoms with van der Waals surface area (Å²) in [5, 5.41) is 3.40. The van der Waals surface area contributed by atoms with E-state index in [0.29, 0.717) is 0 Å². The molecule has 3 nitrogen and oxygen atoms in total. The number of ether oxygens (including phenoxy) is 1. The number of methoxy groups -OCH3 is 1. The third-order valence-corrected chi connectivity index (χ3v) is 4.73. The average Bonchev–Trinajstić information content (AvgIpc) is 2.57. The standard InChI is InChI=1S/C17H20N2OS.ClH/c1-20-15-7-3-5-9-17(15)21-16-8-4-2-6-14(16)19-12-10-18-11-13-19;/h2-9,18H,10-13H2,1H3;1H. The fourth-order valence-corrected chi connectivity index (χ4v) is 3.62. The zero-order valence-corrected chi connectivity index (χ0v) is 14.3. The Bertz CT molecular complexity index is 603. The molecule has 0 spiro atoms. The van der Waals surface area contributed by atoms with Crippen molar-refractivity contribution in [1.29, 1.82) is 0 Å². The van der Waals surface area contributed by atoms with Crippen LogP contribution in [0.5, 0.6) is 5.75 Å². The van der Waals surface area contributed by atoms with Crippen LogP contribution in [-0.4, -0.2) is 33.3 Å². The predicted octanol–water partition coefficient (Wildman–Crippen LogP) is 3.68. The number of rotatable bonds is 4. The minimum Gasteiger partial charge on any atom is -0.496 e. The highest BCUT2D eigenvalue weighted by atomic mass is 35.5. The Kier molecular flexibility index (Phi) is 6.43. The lowest BCUT2D eigenvalue weighted by Crippen LogP contribution is -2.43. The second-order valence-electron chi connectivity index (χ2n) is 4.96. The quantitative estimate of drug-likeness (QED) is 0.920. The molecule has 1 heterocycles. The molecule has 0 unspecified atom stereocenters. The summed E-state index contributed by atoms with van der Waals surface area (Å²) in [6.45, 7) is 4.22. The molecule has 1 aliphatic rings. The van der Waals surface area contributed by atoms with Crippen molar-refractivity contribution in [2.75, 3.05) is 38.2 Å². The summed E-state index contributed by atoms with van der Waals surface area (Å²) in [4.78, 5) is 4.89. The van der Waals surface area contributed by atoms with Crippen molar-refractivity contribution in [2.24, 2.45) is 0 Å². The largest absolute Gasteiger partial charge is 0.496 e. The Balaban J connectivity index is 0.00000176. The predicted molar refractivity (Wildman–Crippen MR) is 95.9 cm³/mol. The van der Waals surface area contributed by atoms with Crippen molar-refractivity contribution in [3.63, 3.8) is 0 Å².